The first-order valence-corrected chi connectivity index (χ1v) is 8.71. The second-order valence-corrected chi connectivity index (χ2v) is 6.42. The van der Waals surface area contributed by atoms with Gasteiger partial charge in [-0.2, -0.15) is 0 Å². The molecule has 3 rings (SSSR count). The van der Waals surface area contributed by atoms with Crippen molar-refractivity contribution in [2.24, 2.45) is 0 Å². The highest BCUT2D eigenvalue weighted by molar-refractivity contribution is 5.92. The number of carbonyl (C=O) groups is 2. The van der Waals surface area contributed by atoms with Crippen molar-refractivity contribution in [1.29, 1.82) is 0 Å². The van der Waals surface area contributed by atoms with Crippen LogP contribution in [0.1, 0.15) is 25.0 Å². The number of benzene rings is 2. The molecule has 7 heteroatoms. The fourth-order valence-corrected chi connectivity index (χ4v) is 2.52. The molecule has 0 fully saturated rings. The minimum atomic E-state index is -0.963. The highest BCUT2D eigenvalue weighted by Gasteiger charge is 2.11. The van der Waals surface area contributed by atoms with E-state index in [1.165, 1.54) is 13.8 Å². The molecule has 1 aromatic heterocycles. The van der Waals surface area contributed by atoms with Gasteiger partial charge in [-0.1, -0.05) is 24.3 Å². The summed E-state index contributed by atoms with van der Waals surface area (Å²) in [5.74, 6) is -1.24. The second-order valence-electron chi connectivity index (χ2n) is 6.42. The van der Waals surface area contributed by atoms with Gasteiger partial charge in [-0.15, -0.1) is 10.2 Å². The van der Waals surface area contributed by atoms with E-state index in [9.17, 15) is 9.59 Å². The summed E-state index contributed by atoms with van der Waals surface area (Å²) in [5, 5.41) is 26.0. The van der Waals surface area contributed by atoms with Crippen molar-refractivity contribution in [2.75, 3.05) is 0 Å². The topological polar surface area (TPSA) is 114 Å². The van der Waals surface area contributed by atoms with Crippen LogP contribution in [-0.4, -0.2) is 32.3 Å². The summed E-state index contributed by atoms with van der Waals surface area (Å²) in [5.41, 5.74) is 3.43. The highest BCUT2D eigenvalue weighted by Crippen LogP contribution is 2.25. The smallest absolute Gasteiger partial charge is 0.331 e. The zero-order valence-electron chi connectivity index (χ0n) is 15.8. The monoisotopic (exact) mass is 390 g/mol. The van der Waals surface area contributed by atoms with E-state index < -0.39 is 11.9 Å². The number of carboxylic acids is 2. The van der Waals surface area contributed by atoms with Crippen molar-refractivity contribution in [1.82, 2.24) is 10.2 Å². The maximum Gasteiger partial charge on any atom is 0.331 e. The van der Waals surface area contributed by atoms with Crippen LogP contribution < -0.4 is 0 Å². The molecule has 0 aliphatic heterocycles. The van der Waals surface area contributed by atoms with Crippen LogP contribution in [0.2, 0.25) is 0 Å². The number of aliphatic carboxylic acids is 2. The van der Waals surface area contributed by atoms with Crippen molar-refractivity contribution in [3.8, 4) is 22.9 Å². The maximum absolute atomic E-state index is 10.9. The highest BCUT2D eigenvalue weighted by atomic mass is 16.4. The molecule has 0 aliphatic rings. The van der Waals surface area contributed by atoms with Gasteiger partial charge in [-0.05, 0) is 61.4 Å². The van der Waals surface area contributed by atoms with E-state index in [1.807, 2.05) is 0 Å². The van der Waals surface area contributed by atoms with E-state index in [-0.39, 0.29) is 11.1 Å². The zero-order chi connectivity index (χ0) is 21.0. The molecule has 0 aliphatic carbocycles. The lowest BCUT2D eigenvalue weighted by Gasteiger charge is -1.99. The summed E-state index contributed by atoms with van der Waals surface area (Å²) >= 11 is 0. The lowest BCUT2D eigenvalue weighted by molar-refractivity contribution is -0.133. The Morgan fingerprint density at radius 3 is 1.38 bits per heavy atom. The number of hydrogen-bond donors (Lipinski definition) is 2. The van der Waals surface area contributed by atoms with Crippen LogP contribution in [0.3, 0.4) is 0 Å². The summed E-state index contributed by atoms with van der Waals surface area (Å²) in [7, 11) is 0. The third-order valence-electron chi connectivity index (χ3n) is 4.18. The number of nitrogens with zero attached hydrogens (tertiary/aromatic N) is 2. The molecule has 0 saturated carbocycles. The lowest BCUT2D eigenvalue weighted by atomic mass is 10.1. The Labute approximate surface area is 166 Å². The summed E-state index contributed by atoms with van der Waals surface area (Å²) < 4.78 is 5.73. The van der Waals surface area contributed by atoms with Gasteiger partial charge in [0.25, 0.3) is 0 Å². The van der Waals surface area contributed by atoms with Crippen LogP contribution in [0.4, 0.5) is 0 Å². The molecule has 1 heterocycles. The van der Waals surface area contributed by atoms with Crippen LogP contribution in [0.25, 0.3) is 35.1 Å². The van der Waals surface area contributed by atoms with Gasteiger partial charge in [0.15, 0.2) is 0 Å². The maximum atomic E-state index is 10.9. The third kappa shape index (κ3) is 4.84. The van der Waals surface area contributed by atoms with Gasteiger partial charge in [0.1, 0.15) is 0 Å². The predicted octanol–water partition coefficient (Wildman–Crippen LogP) is 4.38. The Morgan fingerprint density at radius 2 is 1.07 bits per heavy atom. The minimum absolute atomic E-state index is 0.245. The van der Waals surface area contributed by atoms with Gasteiger partial charge < -0.3 is 14.6 Å². The molecule has 2 N–H and O–H groups in total. The Kier molecular flexibility index (Phi) is 5.69. The van der Waals surface area contributed by atoms with Gasteiger partial charge >= 0.3 is 11.9 Å². The van der Waals surface area contributed by atoms with Crippen LogP contribution in [0.15, 0.2) is 64.1 Å². The van der Waals surface area contributed by atoms with Crippen molar-refractivity contribution >= 4 is 24.1 Å². The predicted molar refractivity (Wildman–Crippen MR) is 108 cm³/mol. The van der Waals surface area contributed by atoms with E-state index in [1.54, 1.807) is 60.7 Å². The van der Waals surface area contributed by atoms with Gasteiger partial charge in [0.2, 0.25) is 11.8 Å². The second kappa shape index (κ2) is 8.35. The molecule has 2 aromatic carbocycles. The summed E-state index contributed by atoms with van der Waals surface area (Å²) in [6.07, 6.45) is 3.15. The van der Waals surface area contributed by atoms with Crippen molar-refractivity contribution in [2.45, 2.75) is 13.8 Å². The van der Waals surface area contributed by atoms with Crippen LogP contribution in [0.5, 0.6) is 0 Å². The standard InChI is InChI=1S/C22H18N2O5/c1-13(21(25)26)11-15-3-7-17(8-4-15)19-23-24-20(29-19)18-9-5-16(6-10-18)12-14(2)22(27)28/h3-12H,1-2H3,(H,25,26)(H,27,28). The molecule has 0 saturated heterocycles. The fraction of sp³-hybridized carbons (Fsp3) is 0.0909. The van der Waals surface area contributed by atoms with Gasteiger partial charge in [0, 0.05) is 22.3 Å². The molecule has 146 valence electrons. The van der Waals surface area contributed by atoms with Gasteiger partial charge in [-0.25, -0.2) is 9.59 Å². The molecule has 3 aromatic rings. The zero-order valence-corrected chi connectivity index (χ0v) is 15.8. The summed E-state index contributed by atoms with van der Waals surface area (Å²) in [6, 6.07) is 14.2. The SMILES string of the molecule is CC(=Cc1ccc(-c2nnc(-c3ccc(C=C(C)C(=O)O)cc3)o2)cc1)C(=O)O. The molecular formula is C22H18N2O5. The molecule has 0 amide bonds. The van der Waals surface area contributed by atoms with Crippen LogP contribution in [-0.2, 0) is 9.59 Å². The largest absolute Gasteiger partial charge is 0.478 e. The van der Waals surface area contributed by atoms with Crippen molar-refractivity contribution in [3.63, 3.8) is 0 Å². The normalized spacial score (nSPS) is 12.1. The Hall–Kier alpha value is -4.00. The first kappa shape index (κ1) is 19.8. The molecule has 0 radical (unpaired) electrons. The Morgan fingerprint density at radius 1 is 0.724 bits per heavy atom. The first-order chi connectivity index (χ1) is 13.8. The number of rotatable bonds is 6. The first-order valence-electron chi connectivity index (χ1n) is 8.71. The molecule has 0 atom stereocenters. The van der Waals surface area contributed by atoms with E-state index >= 15 is 0 Å². The van der Waals surface area contributed by atoms with Gasteiger partial charge in [0.05, 0.1) is 0 Å². The summed E-state index contributed by atoms with van der Waals surface area (Å²) in [6.45, 7) is 3.06. The van der Waals surface area contributed by atoms with Crippen LogP contribution >= 0.6 is 0 Å². The van der Waals surface area contributed by atoms with Crippen molar-refractivity contribution < 1.29 is 24.2 Å². The van der Waals surface area contributed by atoms with Gasteiger partial charge in [-0.3, -0.25) is 0 Å². The fourth-order valence-electron chi connectivity index (χ4n) is 2.52. The van der Waals surface area contributed by atoms with E-state index in [0.29, 0.717) is 22.9 Å². The quantitative estimate of drug-likeness (QED) is 0.600. The summed E-state index contributed by atoms with van der Waals surface area (Å²) in [4.78, 5) is 21.8. The molecule has 7 nitrogen and oxygen atoms in total. The molecule has 0 spiro atoms. The van der Waals surface area contributed by atoms with Crippen LogP contribution in [0, 0.1) is 0 Å². The Balaban J connectivity index is 1.79. The average Bonchev–Trinajstić information content (AvgIpc) is 3.19. The number of carboxylic acid groups (broad SMARTS) is 2. The molecule has 29 heavy (non-hydrogen) atoms. The van der Waals surface area contributed by atoms with E-state index in [0.717, 1.165) is 11.1 Å². The number of aromatic nitrogens is 2. The van der Waals surface area contributed by atoms with E-state index in [2.05, 4.69) is 10.2 Å². The Bertz CT molecular complexity index is 1020. The molecule has 0 unspecified atom stereocenters. The molecular weight excluding hydrogens is 372 g/mol. The average molecular weight is 390 g/mol. The lowest BCUT2D eigenvalue weighted by Crippen LogP contribution is -1.95. The molecule has 0 bridgehead atoms. The van der Waals surface area contributed by atoms with Crippen molar-refractivity contribution in [3.05, 3.63) is 70.8 Å². The minimum Gasteiger partial charge on any atom is -0.478 e. The number of hydrogen-bond acceptors (Lipinski definition) is 5. The van der Waals surface area contributed by atoms with E-state index in [4.69, 9.17) is 14.6 Å². The third-order valence-corrected chi connectivity index (χ3v) is 4.18.